The van der Waals surface area contributed by atoms with Crippen molar-refractivity contribution in [2.75, 3.05) is 27.5 Å². The van der Waals surface area contributed by atoms with Crippen LogP contribution in [-0.2, 0) is 11.3 Å². The van der Waals surface area contributed by atoms with E-state index in [1.165, 1.54) is 4.90 Å². The summed E-state index contributed by atoms with van der Waals surface area (Å²) in [6.45, 7) is 6.10. The van der Waals surface area contributed by atoms with Gasteiger partial charge in [-0.1, -0.05) is 48.6 Å². The summed E-state index contributed by atoms with van der Waals surface area (Å²) in [5.74, 6) is 0.768. The average molecular weight is 657 g/mol. The number of anilines is 4. The van der Waals surface area contributed by atoms with Crippen molar-refractivity contribution in [2.45, 2.75) is 65.3 Å². The number of aliphatic hydroxyl groups is 1. The lowest BCUT2D eigenvalue weighted by molar-refractivity contribution is -0.119. The molecule has 0 saturated carbocycles. The molecular weight excluding hydrogens is 616 g/mol. The van der Waals surface area contributed by atoms with E-state index < -0.39 is 12.3 Å². The van der Waals surface area contributed by atoms with Gasteiger partial charge in [0.05, 0.1) is 17.9 Å². The SMILES string of the molecule is CC1=NC=C(Nc2ncc3c(n2)N(C)C(=O)N(c2cc(NC(O)C4C=C5CC(=O)[C@H](C)N=C(c6ccccc6)C5=CC4)ccc2C)C3)CC1. The summed E-state index contributed by atoms with van der Waals surface area (Å²) in [6, 6.07) is 15.0. The Balaban J connectivity index is 1.08. The van der Waals surface area contributed by atoms with Gasteiger partial charge < -0.3 is 15.7 Å². The number of carbonyl (C=O) groups is 2. The van der Waals surface area contributed by atoms with Crippen molar-refractivity contribution in [3.8, 4) is 0 Å². The summed E-state index contributed by atoms with van der Waals surface area (Å²) in [6.07, 6.45) is 9.28. The largest absolute Gasteiger partial charge is 0.373 e. The molecule has 0 spiro atoms. The number of aliphatic hydroxyl groups excluding tert-OH is 1. The van der Waals surface area contributed by atoms with Gasteiger partial charge in [-0.2, -0.15) is 4.98 Å². The van der Waals surface area contributed by atoms with Crippen LogP contribution in [-0.4, -0.2) is 57.6 Å². The first-order valence-corrected chi connectivity index (χ1v) is 16.7. The number of hydrogen-bond donors (Lipinski definition) is 3. The zero-order valence-electron chi connectivity index (χ0n) is 28.1. The molecule has 7 rings (SSSR count). The predicted octanol–water partition coefficient (Wildman–Crippen LogP) is 6.32. The second-order valence-corrected chi connectivity index (χ2v) is 13.1. The molecule has 2 amide bonds. The van der Waals surface area contributed by atoms with Gasteiger partial charge in [0.1, 0.15) is 18.1 Å². The van der Waals surface area contributed by atoms with Crippen LogP contribution in [0.4, 0.5) is 27.9 Å². The topological polar surface area (TPSA) is 135 Å². The maximum Gasteiger partial charge on any atom is 0.330 e. The third kappa shape index (κ3) is 6.54. The number of urea groups is 1. The highest BCUT2D eigenvalue weighted by Gasteiger charge is 2.33. The highest BCUT2D eigenvalue weighted by Crippen LogP contribution is 2.36. The smallest absolute Gasteiger partial charge is 0.330 e. The minimum absolute atomic E-state index is 0.0522. The highest BCUT2D eigenvalue weighted by molar-refractivity contribution is 6.18. The summed E-state index contributed by atoms with van der Waals surface area (Å²) in [5.41, 5.74) is 8.78. The zero-order valence-corrected chi connectivity index (χ0v) is 28.1. The van der Waals surface area contributed by atoms with E-state index in [0.717, 1.165) is 63.5 Å². The average Bonchev–Trinajstić information content (AvgIpc) is 3.23. The van der Waals surface area contributed by atoms with Crippen LogP contribution in [0.3, 0.4) is 0 Å². The molecule has 3 N–H and O–H groups in total. The van der Waals surface area contributed by atoms with E-state index in [9.17, 15) is 14.7 Å². The van der Waals surface area contributed by atoms with Gasteiger partial charge in [0.2, 0.25) is 5.95 Å². The van der Waals surface area contributed by atoms with Gasteiger partial charge in [-0.3, -0.25) is 24.6 Å². The minimum atomic E-state index is -0.928. The molecule has 250 valence electrons. The fourth-order valence-electron chi connectivity index (χ4n) is 6.62. The molecule has 0 radical (unpaired) electrons. The molecule has 0 saturated heterocycles. The monoisotopic (exact) mass is 656 g/mol. The van der Waals surface area contributed by atoms with Gasteiger partial charge in [0.25, 0.3) is 0 Å². The van der Waals surface area contributed by atoms with Crippen molar-refractivity contribution in [2.24, 2.45) is 15.9 Å². The van der Waals surface area contributed by atoms with E-state index >= 15 is 0 Å². The van der Waals surface area contributed by atoms with Crippen LogP contribution in [0, 0.1) is 12.8 Å². The van der Waals surface area contributed by atoms with Crippen LogP contribution in [0.25, 0.3) is 0 Å². The minimum Gasteiger partial charge on any atom is -0.373 e. The molecule has 2 unspecified atom stereocenters. The number of hydrogen-bond acceptors (Lipinski definition) is 9. The van der Waals surface area contributed by atoms with E-state index in [2.05, 4.69) is 31.7 Å². The molecule has 49 heavy (non-hydrogen) atoms. The summed E-state index contributed by atoms with van der Waals surface area (Å²) in [4.78, 5) is 48.3. The van der Waals surface area contributed by atoms with Crippen molar-refractivity contribution in [3.63, 3.8) is 0 Å². The van der Waals surface area contributed by atoms with Gasteiger partial charge in [-0.05, 0) is 68.9 Å². The number of nitrogens with zero attached hydrogens (tertiary/aromatic N) is 6. The second kappa shape index (κ2) is 13.2. The normalized spacial score (nSPS) is 21.3. The molecule has 4 aliphatic rings. The fraction of sp³-hybridized carbons (Fsp3) is 0.316. The molecule has 2 aromatic carbocycles. The molecule has 4 heterocycles. The number of carbonyl (C=O) groups excluding carboxylic acids is 2. The van der Waals surface area contributed by atoms with Crippen LogP contribution in [0.5, 0.6) is 0 Å². The molecule has 3 atom stereocenters. The number of rotatable bonds is 7. The van der Waals surface area contributed by atoms with Gasteiger partial charge in [0.15, 0.2) is 5.78 Å². The molecular formula is C38H40N8O3. The van der Waals surface area contributed by atoms with Crippen LogP contribution in [0.15, 0.2) is 99.9 Å². The number of ketones is 1. The Hall–Kier alpha value is -5.42. The number of aromatic nitrogens is 2. The molecule has 1 aromatic heterocycles. The van der Waals surface area contributed by atoms with Gasteiger partial charge in [-0.25, -0.2) is 9.78 Å². The number of nitrogens with one attached hydrogen (secondary N) is 2. The second-order valence-electron chi connectivity index (χ2n) is 13.1. The lowest BCUT2D eigenvalue weighted by atomic mass is 9.84. The van der Waals surface area contributed by atoms with Crippen molar-refractivity contribution in [1.29, 1.82) is 0 Å². The standard InChI is InChI=1S/C38H40N8O3/c1-22-10-13-29(42-36(48)26-12-15-31-27(16-26)17-33(47)24(3)41-34(31)25-8-6-5-7-9-25)18-32(22)46-21-28-19-40-37(44-35(28)45(4)38(46)49)43-30-14-11-23(2)39-20-30/h5-10,13,15-16,18-20,24,26,36,42,48H,11-12,14,17,21H2,1-4H3,(H,40,43,44)/t24-,26?,36?/m0/s1. The van der Waals surface area contributed by atoms with Gasteiger partial charge in [0, 0.05) is 60.0 Å². The Morgan fingerprint density at radius 2 is 1.88 bits per heavy atom. The summed E-state index contributed by atoms with van der Waals surface area (Å²) >= 11 is 0. The highest BCUT2D eigenvalue weighted by atomic mass is 16.3. The molecule has 3 aliphatic heterocycles. The number of aryl methyl sites for hydroxylation is 1. The first kappa shape index (κ1) is 32.1. The lowest BCUT2D eigenvalue weighted by Crippen LogP contribution is -2.46. The fourth-order valence-corrected chi connectivity index (χ4v) is 6.62. The zero-order chi connectivity index (χ0) is 34.2. The predicted molar refractivity (Wildman–Crippen MR) is 193 cm³/mol. The Labute approximate surface area is 285 Å². The first-order valence-electron chi connectivity index (χ1n) is 16.7. The van der Waals surface area contributed by atoms with E-state index in [1.54, 1.807) is 24.3 Å². The lowest BCUT2D eigenvalue weighted by Gasteiger charge is -2.35. The first-order chi connectivity index (χ1) is 23.6. The Kier molecular flexibility index (Phi) is 8.68. The third-order valence-electron chi connectivity index (χ3n) is 9.51. The number of fused-ring (bicyclic) bond motifs is 2. The number of Topliss-reactive ketones (excluding diaryl/α,β-unsaturated/α-hetero) is 1. The van der Waals surface area contributed by atoms with Crippen molar-refractivity contribution < 1.29 is 14.7 Å². The third-order valence-corrected chi connectivity index (χ3v) is 9.51. The number of amides is 2. The summed E-state index contributed by atoms with van der Waals surface area (Å²) in [7, 11) is 1.71. The van der Waals surface area contributed by atoms with E-state index in [-0.39, 0.29) is 24.2 Å². The van der Waals surface area contributed by atoms with E-state index in [0.29, 0.717) is 30.4 Å². The Morgan fingerprint density at radius 1 is 1.06 bits per heavy atom. The van der Waals surface area contributed by atoms with Crippen LogP contribution in [0.2, 0.25) is 0 Å². The Bertz CT molecular complexity index is 1980. The molecule has 11 nitrogen and oxygen atoms in total. The molecule has 1 aliphatic carbocycles. The molecule has 3 aromatic rings. The quantitative estimate of drug-likeness (QED) is 0.253. The van der Waals surface area contributed by atoms with Gasteiger partial charge >= 0.3 is 6.03 Å². The van der Waals surface area contributed by atoms with E-state index in [1.807, 2.05) is 75.4 Å². The summed E-state index contributed by atoms with van der Waals surface area (Å²) < 4.78 is 0. The summed E-state index contributed by atoms with van der Waals surface area (Å²) in [5, 5.41) is 17.9. The van der Waals surface area contributed by atoms with E-state index in [4.69, 9.17) is 4.99 Å². The Morgan fingerprint density at radius 3 is 2.65 bits per heavy atom. The number of aliphatic imine (C=N–C) groups is 2. The maximum atomic E-state index is 13.7. The van der Waals surface area contributed by atoms with Crippen molar-refractivity contribution >= 4 is 46.4 Å². The van der Waals surface area contributed by atoms with Crippen molar-refractivity contribution in [1.82, 2.24) is 9.97 Å². The molecule has 0 bridgehead atoms. The van der Waals surface area contributed by atoms with Crippen LogP contribution in [0.1, 0.15) is 56.2 Å². The van der Waals surface area contributed by atoms with Crippen molar-refractivity contribution in [3.05, 3.63) is 107 Å². The van der Waals surface area contributed by atoms with Gasteiger partial charge in [-0.15, -0.1) is 0 Å². The molecule has 0 fully saturated rings. The molecule has 11 heteroatoms. The van der Waals surface area contributed by atoms with Crippen LogP contribution >= 0.6 is 0 Å². The number of allylic oxidation sites excluding steroid dienone is 4. The number of benzene rings is 2. The maximum absolute atomic E-state index is 13.7. The van der Waals surface area contributed by atoms with Crippen LogP contribution < -0.4 is 20.4 Å².